The summed E-state index contributed by atoms with van der Waals surface area (Å²) in [4.78, 5) is 13.0. The second-order valence-electron chi connectivity index (χ2n) is 3.64. The monoisotopic (exact) mass is 195 g/mol. The molecule has 0 spiro atoms. The molecule has 0 aliphatic rings. The minimum Gasteiger partial charge on any atom is -0.347 e. The van der Waals surface area contributed by atoms with E-state index in [9.17, 15) is 4.79 Å². The van der Waals surface area contributed by atoms with E-state index in [1.165, 1.54) is 0 Å². The van der Waals surface area contributed by atoms with Crippen molar-refractivity contribution in [2.24, 2.45) is 5.73 Å². The number of nitrogens with two attached hydrogens (primary N) is 1. The van der Waals surface area contributed by atoms with Crippen LogP contribution in [0.5, 0.6) is 0 Å². The van der Waals surface area contributed by atoms with Gasteiger partial charge in [0.25, 0.3) is 0 Å². The highest BCUT2D eigenvalue weighted by atomic mass is 16.2. The van der Waals surface area contributed by atoms with Crippen LogP contribution in [0.15, 0.2) is 18.3 Å². The summed E-state index contributed by atoms with van der Waals surface area (Å²) in [6.45, 7) is 2.27. The molecule has 1 amide bonds. The molecule has 0 radical (unpaired) electrons. The van der Waals surface area contributed by atoms with E-state index in [-0.39, 0.29) is 11.9 Å². The summed E-state index contributed by atoms with van der Waals surface area (Å²) in [5, 5.41) is 0. The molecule has 1 aromatic heterocycles. The zero-order valence-electron chi connectivity index (χ0n) is 8.90. The van der Waals surface area contributed by atoms with Gasteiger partial charge in [-0.2, -0.15) is 0 Å². The Labute approximate surface area is 84.3 Å². The number of carbonyl (C=O) groups is 1. The molecule has 1 heterocycles. The van der Waals surface area contributed by atoms with Crippen molar-refractivity contribution in [3.63, 3.8) is 0 Å². The number of hydrogen-bond acceptors (Lipinski definition) is 2. The van der Waals surface area contributed by atoms with Crippen LogP contribution in [0.3, 0.4) is 0 Å². The Morgan fingerprint density at radius 3 is 2.79 bits per heavy atom. The SMILES string of the molecule is CC(N)c1cccn1CC(=O)N(C)C. The van der Waals surface area contributed by atoms with E-state index in [1.54, 1.807) is 19.0 Å². The lowest BCUT2D eigenvalue weighted by atomic mass is 10.2. The van der Waals surface area contributed by atoms with E-state index >= 15 is 0 Å². The lowest BCUT2D eigenvalue weighted by molar-refractivity contribution is -0.129. The molecule has 78 valence electrons. The van der Waals surface area contributed by atoms with Crippen molar-refractivity contribution in [1.29, 1.82) is 0 Å². The number of hydrogen-bond donors (Lipinski definition) is 1. The van der Waals surface area contributed by atoms with E-state index < -0.39 is 0 Å². The summed E-state index contributed by atoms with van der Waals surface area (Å²) < 4.78 is 1.88. The van der Waals surface area contributed by atoms with E-state index in [0.717, 1.165) is 5.69 Å². The quantitative estimate of drug-likeness (QED) is 0.767. The number of amides is 1. The van der Waals surface area contributed by atoms with Gasteiger partial charge in [0.1, 0.15) is 6.54 Å². The zero-order valence-corrected chi connectivity index (χ0v) is 8.90. The van der Waals surface area contributed by atoms with Gasteiger partial charge in [-0.1, -0.05) is 0 Å². The molecule has 1 aromatic rings. The summed E-state index contributed by atoms with van der Waals surface area (Å²) in [6.07, 6.45) is 1.88. The summed E-state index contributed by atoms with van der Waals surface area (Å²) in [6, 6.07) is 3.80. The van der Waals surface area contributed by atoms with Crippen molar-refractivity contribution in [2.75, 3.05) is 14.1 Å². The van der Waals surface area contributed by atoms with Crippen LogP contribution in [0, 0.1) is 0 Å². The van der Waals surface area contributed by atoms with E-state index in [1.807, 2.05) is 29.8 Å². The largest absolute Gasteiger partial charge is 0.347 e. The number of aromatic nitrogens is 1. The minimum atomic E-state index is -0.0417. The summed E-state index contributed by atoms with van der Waals surface area (Å²) in [5.74, 6) is 0.0723. The first-order chi connectivity index (χ1) is 6.52. The summed E-state index contributed by atoms with van der Waals surface area (Å²) >= 11 is 0. The van der Waals surface area contributed by atoms with Crippen molar-refractivity contribution in [3.05, 3.63) is 24.0 Å². The van der Waals surface area contributed by atoms with Crippen LogP contribution in [0.1, 0.15) is 18.7 Å². The first kappa shape index (κ1) is 10.8. The van der Waals surface area contributed by atoms with Crippen LogP contribution in [0.4, 0.5) is 0 Å². The van der Waals surface area contributed by atoms with Gasteiger partial charge < -0.3 is 15.2 Å². The average molecular weight is 195 g/mol. The zero-order chi connectivity index (χ0) is 10.7. The van der Waals surface area contributed by atoms with Crippen molar-refractivity contribution in [1.82, 2.24) is 9.47 Å². The molecule has 1 unspecified atom stereocenters. The van der Waals surface area contributed by atoms with Gasteiger partial charge in [-0.3, -0.25) is 4.79 Å². The molecule has 0 bridgehead atoms. The molecule has 0 aliphatic carbocycles. The number of carbonyl (C=O) groups excluding carboxylic acids is 1. The van der Waals surface area contributed by atoms with Crippen LogP contribution in [0.2, 0.25) is 0 Å². The molecule has 0 saturated heterocycles. The Bertz CT molecular complexity index is 315. The standard InChI is InChI=1S/C10H17N3O/c1-8(11)9-5-4-6-13(9)7-10(14)12(2)3/h4-6,8H,7,11H2,1-3H3. The Morgan fingerprint density at radius 1 is 1.64 bits per heavy atom. The Balaban J connectivity index is 2.76. The summed E-state index contributed by atoms with van der Waals surface area (Å²) in [7, 11) is 3.49. The molecule has 4 heteroatoms. The van der Waals surface area contributed by atoms with Crippen molar-refractivity contribution < 1.29 is 4.79 Å². The maximum absolute atomic E-state index is 11.4. The second kappa shape index (κ2) is 4.28. The molecule has 2 N–H and O–H groups in total. The third-order valence-electron chi connectivity index (χ3n) is 2.14. The first-order valence-corrected chi connectivity index (χ1v) is 4.63. The van der Waals surface area contributed by atoms with Gasteiger partial charge in [0.05, 0.1) is 0 Å². The average Bonchev–Trinajstić information content (AvgIpc) is 2.52. The second-order valence-corrected chi connectivity index (χ2v) is 3.64. The lowest BCUT2D eigenvalue weighted by Gasteiger charge is -2.14. The van der Waals surface area contributed by atoms with Gasteiger partial charge in [-0.25, -0.2) is 0 Å². The molecular weight excluding hydrogens is 178 g/mol. The lowest BCUT2D eigenvalue weighted by Crippen LogP contribution is -2.27. The topological polar surface area (TPSA) is 51.3 Å². The van der Waals surface area contributed by atoms with Crippen molar-refractivity contribution in [3.8, 4) is 0 Å². The number of rotatable bonds is 3. The smallest absolute Gasteiger partial charge is 0.241 e. The molecule has 0 fully saturated rings. The van der Waals surface area contributed by atoms with Crippen LogP contribution >= 0.6 is 0 Å². The third kappa shape index (κ3) is 2.35. The molecule has 0 saturated carbocycles. The third-order valence-corrected chi connectivity index (χ3v) is 2.14. The highest BCUT2D eigenvalue weighted by Gasteiger charge is 2.09. The van der Waals surface area contributed by atoms with Crippen LogP contribution in [-0.4, -0.2) is 29.5 Å². The highest BCUT2D eigenvalue weighted by Crippen LogP contribution is 2.10. The van der Waals surface area contributed by atoms with Gasteiger partial charge in [-0.15, -0.1) is 0 Å². The van der Waals surface area contributed by atoms with Crippen molar-refractivity contribution >= 4 is 5.91 Å². The van der Waals surface area contributed by atoms with Crippen LogP contribution in [0.25, 0.3) is 0 Å². The molecular formula is C10H17N3O. The van der Waals surface area contributed by atoms with Crippen LogP contribution < -0.4 is 5.73 Å². The van der Waals surface area contributed by atoms with Gasteiger partial charge in [0.15, 0.2) is 0 Å². The predicted octanol–water partition coefficient (Wildman–Crippen LogP) is 0.596. The molecule has 14 heavy (non-hydrogen) atoms. The van der Waals surface area contributed by atoms with E-state index in [4.69, 9.17) is 5.73 Å². The highest BCUT2D eigenvalue weighted by molar-refractivity contribution is 5.75. The Morgan fingerprint density at radius 2 is 2.29 bits per heavy atom. The van der Waals surface area contributed by atoms with E-state index in [2.05, 4.69) is 0 Å². The fourth-order valence-electron chi connectivity index (χ4n) is 1.27. The molecule has 0 aliphatic heterocycles. The number of likely N-dealkylation sites (N-methyl/N-ethyl adjacent to an activating group) is 1. The van der Waals surface area contributed by atoms with Crippen LogP contribution in [-0.2, 0) is 11.3 Å². The Kier molecular flexibility index (Phi) is 3.30. The fraction of sp³-hybridized carbons (Fsp3) is 0.500. The maximum Gasteiger partial charge on any atom is 0.241 e. The first-order valence-electron chi connectivity index (χ1n) is 4.63. The minimum absolute atomic E-state index is 0.0417. The van der Waals surface area contributed by atoms with E-state index in [0.29, 0.717) is 6.54 Å². The van der Waals surface area contributed by atoms with Crippen molar-refractivity contribution in [2.45, 2.75) is 19.5 Å². The number of nitrogens with zero attached hydrogens (tertiary/aromatic N) is 2. The molecule has 4 nitrogen and oxygen atoms in total. The predicted molar refractivity (Wildman–Crippen MR) is 55.7 cm³/mol. The fourth-order valence-corrected chi connectivity index (χ4v) is 1.27. The van der Waals surface area contributed by atoms with Gasteiger partial charge in [0.2, 0.25) is 5.91 Å². The normalized spacial score (nSPS) is 12.6. The molecule has 1 rings (SSSR count). The summed E-state index contributed by atoms with van der Waals surface area (Å²) in [5.41, 5.74) is 6.75. The van der Waals surface area contributed by atoms with Gasteiger partial charge >= 0.3 is 0 Å². The maximum atomic E-state index is 11.4. The molecule has 0 aromatic carbocycles. The van der Waals surface area contributed by atoms with Gasteiger partial charge in [0, 0.05) is 32.0 Å². The Hall–Kier alpha value is -1.29. The molecule has 1 atom stereocenters. The van der Waals surface area contributed by atoms with Gasteiger partial charge in [-0.05, 0) is 19.1 Å².